The maximum atomic E-state index is 12.5. The number of imidazole rings is 1. The van der Waals surface area contributed by atoms with Crippen LogP contribution in [-0.4, -0.2) is 21.5 Å². The van der Waals surface area contributed by atoms with Crippen LogP contribution in [0.4, 0.5) is 11.4 Å². The van der Waals surface area contributed by atoms with Crippen LogP contribution in [0, 0.1) is 11.3 Å². The molecule has 156 valence electrons. The summed E-state index contributed by atoms with van der Waals surface area (Å²) in [5.41, 5.74) is 4.86. The molecular formula is C24H27ClN4O. The second-order valence-corrected chi connectivity index (χ2v) is 10.2. The van der Waals surface area contributed by atoms with Crippen molar-refractivity contribution in [1.29, 1.82) is 0 Å². The number of halogens is 1. The first kappa shape index (κ1) is 19.4. The van der Waals surface area contributed by atoms with Gasteiger partial charge in [-0.15, -0.1) is 0 Å². The topological polar surface area (TPSA) is 59.0 Å². The molecule has 0 radical (unpaired) electrons. The lowest BCUT2D eigenvalue weighted by Crippen LogP contribution is -2.35. The molecule has 2 aliphatic rings. The minimum absolute atomic E-state index is 0.0576. The molecule has 1 aromatic heterocycles. The molecule has 2 unspecified atom stereocenters. The summed E-state index contributed by atoms with van der Waals surface area (Å²) in [5, 5.41) is 7.42. The number of nitrogens with one attached hydrogen (secondary N) is 2. The summed E-state index contributed by atoms with van der Waals surface area (Å²) >= 11 is 6.21. The fourth-order valence-corrected chi connectivity index (χ4v) is 5.58. The highest BCUT2D eigenvalue weighted by Crippen LogP contribution is 2.41. The number of amides is 1. The number of aromatic nitrogens is 2. The number of nitrogens with zero attached hydrogens (tertiary/aromatic N) is 2. The van der Waals surface area contributed by atoms with Crippen LogP contribution in [0.3, 0.4) is 0 Å². The van der Waals surface area contributed by atoms with Crippen LogP contribution in [0.1, 0.15) is 40.0 Å². The molecule has 1 aliphatic carbocycles. The van der Waals surface area contributed by atoms with Crippen LogP contribution >= 0.6 is 11.6 Å². The Hall–Kier alpha value is -2.53. The van der Waals surface area contributed by atoms with Gasteiger partial charge in [-0.05, 0) is 67.0 Å². The Labute approximate surface area is 181 Å². The van der Waals surface area contributed by atoms with Gasteiger partial charge in [0, 0.05) is 22.3 Å². The number of fused-ring (bicyclic) bond motifs is 5. The van der Waals surface area contributed by atoms with E-state index in [9.17, 15) is 4.79 Å². The maximum Gasteiger partial charge on any atom is 0.244 e. The molecule has 5 nitrogen and oxygen atoms in total. The normalized spacial score (nSPS) is 22.7. The van der Waals surface area contributed by atoms with E-state index >= 15 is 0 Å². The number of carbonyl (C=O) groups is 1. The Kier molecular flexibility index (Phi) is 4.55. The van der Waals surface area contributed by atoms with Gasteiger partial charge in [-0.2, -0.15) is 0 Å². The number of benzene rings is 2. The predicted octanol–water partition coefficient (Wildman–Crippen LogP) is 5.94. The molecule has 1 fully saturated rings. The van der Waals surface area contributed by atoms with Gasteiger partial charge in [0.1, 0.15) is 12.4 Å². The smallest absolute Gasteiger partial charge is 0.244 e. The lowest BCUT2D eigenvalue weighted by molar-refractivity contribution is -0.116. The Bertz CT molecular complexity index is 1150. The van der Waals surface area contributed by atoms with Crippen molar-refractivity contribution in [1.82, 2.24) is 9.55 Å². The summed E-state index contributed by atoms with van der Waals surface area (Å²) in [6.07, 6.45) is 3.60. The van der Waals surface area contributed by atoms with Crippen molar-refractivity contribution >= 4 is 39.9 Å². The van der Waals surface area contributed by atoms with Gasteiger partial charge in [0.25, 0.3) is 0 Å². The van der Waals surface area contributed by atoms with Crippen LogP contribution in [0.5, 0.6) is 0 Å². The Morgan fingerprint density at radius 2 is 2.03 bits per heavy atom. The average molecular weight is 423 g/mol. The summed E-state index contributed by atoms with van der Waals surface area (Å²) < 4.78 is 1.96. The van der Waals surface area contributed by atoms with Crippen molar-refractivity contribution in [3.8, 4) is 11.4 Å². The van der Waals surface area contributed by atoms with Gasteiger partial charge in [0.15, 0.2) is 0 Å². The highest BCUT2D eigenvalue weighted by Gasteiger charge is 2.32. The summed E-state index contributed by atoms with van der Waals surface area (Å²) in [6.45, 7) is 7.28. The summed E-state index contributed by atoms with van der Waals surface area (Å²) in [7, 11) is 0. The highest BCUT2D eigenvalue weighted by atomic mass is 35.5. The van der Waals surface area contributed by atoms with E-state index in [4.69, 9.17) is 16.6 Å². The number of carbonyl (C=O) groups excluding carboxylic acids is 1. The van der Waals surface area contributed by atoms with Gasteiger partial charge in [-0.25, -0.2) is 4.98 Å². The molecule has 0 saturated heterocycles. The largest absolute Gasteiger partial charge is 0.382 e. The molecule has 2 heterocycles. The quantitative estimate of drug-likeness (QED) is 0.537. The molecule has 5 rings (SSSR count). The first-order valence-corrected chi connectivity index (χ1v) is 11.0. The number of hydrogen-bond acceptors (Lipinski definition) is 3. The second-order valence-electron chi connectivity index (χ2n) is 9.72. The minimum atomic E-state index is -0.0576. The Morgan fingerprint density at radius 3 is 2.83 bits per heavy atom. The fraction of sp³-hybridized carbons (Fsp3) is 0.417. The van der Waals surface area contributed by atoms with E-state index in [1.165, 1.54) is 12.8 Å². The van der Waals surface area contributed by atoms with Gasteiger partial charge in [0.2, 0.25) is 5.91 Å². The monoisotopic (exact) mass is 422 g/mol. The van der Waals surface area contributed by atoms with Gasteiger partial charge in [0.05, 0.1) is 16.7 Å². The standard InChI is InChI=1S/C24H27ClN4O/c1-14-8-17(12-24(2,3)11-14)26-16-5-7-19-18(10-16)23-28-20-6-4-15(25)9-21(20)29(23)13-22(30)27-19/h4-7,9-10,14,17,26H,8,11-13H2,1-3H3,(H,27,30). The van der Waals surface area contributed by atoms with E-state index in [0.717, 1.165) is 40.2 Å². The van der Waals surface area contributed by atoms with E-state index < -0.39 is 0 Å². The summed E-state index contributed by atoms with van der Waals surface area (Å²) in [5.74, 6) is 1.44. The molecule has 3 aromatic rings. The van der Waals surface area contributed by atoms with Crippen LogP contribution < -0.4 is 10.6 Å². The lowest BCUT2D eigenvalue weighted by Gasteiger charge is -2.39. The first-order valence-electron chi connectivity index (χ1n) is 10.6. The fourth-order valence-electron chi connectivity index (χ4n) is 5.41. The number of anilines is 2. The predicted molar refractivity (Wildman–Crippen MR) is 123 cm³/mol. The van der Waals surface area contributed by atoms with Gasteiger partial charge in [-0.3, -0.25) is 4.79 Å². The third-order valence-corrected chi connectivity index (χ3v) is 6.54. The number of hydrogen-bond donors (Lipinski definition) is 2. The van der Waals surface area contributed by atoms with Gasteiger partial charge in [-0.1, -0.05) is 32.4 Å². The van der Waals surface area contributed by atoms with E-state index in [1.807, 2.05) is 28.8 Å². The van der Waals surface area contributed by atoms with E-state index in [2.05, 4.69) is 43.5 Å². The van der Waals surface area contributed by atoms with Crippen molar-refractivity contribution in [2.24, 2.45) is 11.3 Å². The third-order valence-electron chi connectivity index (χ3n) is 6.30. The maximum absolute atomic E-state index is 12.5. The molecule has 0 bridgehead atoms. The van der Waals surface area contributed by atoms with E-state index in [-0.39, 0.29) is 12.5 Å². The average Bonchev–Trinajstić information content (AvgIpc) is 2.91. The van der Waals surface area contributed by atoms with Crippen molar-refractivity contribution < 1.29 is 4.79 Å². The zero-order valence-electron chi connectivity index (χ0n) is 17.6. The second kappa shape index (κ2) is 7.02. The SMILES string of the molecule is CC1CC(Nc2ccc3c(c2)-c2nc4ccc(Cl)cc4n2CC(=O)N3)CC(C)(C)C1. The molecule has 2 aromatic carbocycles. The van der Waals surface area contributed by atoms with Crippen LogP contribution in [0.15, 0.2) is 36.4 Å². The zero-order valence-corrected chi connectivity index (χ0v) is 18.4. The molecule has 1 saturated carbocycles. The first-order chi connectivity index (χ1) is 14.3. The molecule has 2 atom stereocenters. The molecule has 1 amide bonds. The zero-order chi connectivity index (χ0) is 21.0. The molecule has 0 spiro atoms. The van der Waals surface area contributed by atoms with Gasteiger partial charge >= 0.3 is 0 Å². The van der Waals surface area contributed by atoms with E-state index in [1.54, 1.807) is 0 Å². The van der Waals surface area contributed by atoms with Gasteiger partial charge < -0.3 is 15.2 Å². The molecular weight excluding hydrogens is 396 g/mol. The minimum Gasteiger partial charge on any atom is -0.382 e. The van der Waals surface area contributed by atoms with Crippen LogP contribution in [-0.2, 0) is 11.3 Å². The molecule has 1 aliphatic heterocycles. The highest BCUT2D eigenvalue weighted by molar-refractivity contribution is 6.31. The van der Waals surface area contributed by atoms with Crippen molar-refractivity contribution in [3.05, 3.63) is 41.4 Å². The Balaban J connectivity index is 1.55. The Morgan fingerprint density at radius 1 is 1.20 bits per heavy atom. The van der Waals surface area contributed by atoms with E-state index in [0.29, 0.717) is 22.4 Å². The van der Waals surface area contributed by atoms with Crippen molar-refractivity contribution in [2.45, 2.75) is 52.6 Å². The summed E-state index contributed by atoms with van der Waals surface area (Å²) in [6, 6.07) is 12.2. The molecule has 6 heteroatoms. The number of rotatable bonds is 2. The molecule has 2 N–H and O–H groups in total. The van der Waals surface area contributed by atoms with Crippen LogP contribution in [0.2, 0.25) is 5.02 Å². The van der Waals surface area contributed by atoms with Crippen molar-refractivity contribution in [2.75, 3.05) is 10.6 Å². The van der Waals surface area contributed by atoms with Crippen LogP contribution in [0.25, 0.3) is 22.4 Å². The lowest BCUT2D eigenvalue weighted by atomic mass is 9.70. The third kappa shape index (κ3) is 3.56. The van der Waals surface area contributed by atoms with Crippen molar-refractivity contribution in [3.63, 3.8) is 0 Å². The molecule has 30 heavy (non-hydrogen) atoms. The summed E-state index contributed by atoms with van der Waals surface area (Å²) in [4.78, 5) is 17.4.